The van der Waals surface area contributed by atoms with Crippen LogP contribution in [0.5, 0.6) is 0 Å². The predicted octanol–water partition coefficient (Wildman–Crippen LogP) is 2.40. The fourth-order valence-electron chi connectivity index (χ4n) is 4.63. The average molecular weight is 356 g/mol. The molecule has 0 aromatic carbocycles. The Labute approximate surface area is 155 Å². The van der Waals surface area contributed by atoms with Crippen molar-refractivity contribution in [2.75, 3.05) is 20.1 Å². The molecule has 1 aromatic rings. The summed E-state index contributed by atoms with van der Waals surface area (Å²) >= 11 is 0. The highest BCUT2D eigenvalue weighted by molar-refractivity contribution is 5.83. The van der Waals surface area contributed by atoms with E-state index >= 15 is 0 Å². The van der Waals surface area contributed by atoms with Crippen molar-refractivity contribution in [3.8, 4) is 0 Å². The minimum absolute atomic E-state index is 0.0163. The molecule has 3 amide bonds. The van der Waals surface area contributed by atoms with E-state index in [9.17, 15) is 9.59 Å². The summed E-state index contributed by atoms with van der Waals surface area (Å²) < 4.78 is 0. The van der Waals surface area contributed by atoms with E-state index in [1.807, 2.05) is 30.1 Å². The Balaban J connectivity index is 1.29. The number of nitrogens with one attached hydrogen (secondary N) is 1. The van der Waals surface area contributed by atoms with E-state index in [4.69, 9.17) is 0 Å². The molecule has 1 N–H and O–H groups in total. The predicted molar refractivity (Wildman–Crippen MR) is 98.2 cm³/mol. The molecule has 3 fully saturated rings. The van der Waals surface area contributed by atoms with Gasteiger partial charge in [-0.25, -0.2) is 4.79 Å². The number of hydrogen-bond acceptors (Lipinski definition) is 3. The number of amides is 3. The number of carbonyl (C=O) groups is 2. The summed E-state index contributed by atoms with van der Waals surface area (Å²) in [4.78, 5) is 33.3. The van der Waals surface area contributed by atoms with Crippen molar-refractivity contribution in [1.82, 2.24) is 20.1 Å². The van der Waals surface area contributed by atoms with Gasteiger partial charge in [-0.05, 0) is 37.8 Å². The van der Waals surface area contributed by atoms with E-state index in [1.165, 1.54) is 12.8 Å². The van der Waals surface area contributed by atoms with Crippen LogP contribution in [-0.2, 0) is 11.3 Å². The van der Waals surface area contributed by atoms with Crippen molar-refractivity contribution in [2.45, 2.75) is 51.1 Å². The fraction of sp³-hybridized carbons (Fsp3) is 0.650. The molecule has 3 aliphatic rings. The van der Waals surface area contributed by atoms with Crippen molar-refractivity contribution in [3.05, 3.63) is 30.1 Å². The van der Waals surface area contributed by atoms with Gasteiger partial charge in [0.1, 0.15) is 0 Å². The topological polar surface area (TPSA) is 65.5 Å². The molecule has 0 bridgehead atoms. The molecule has 140 valence electrons. The molecule has 1 saturated heterocycles. The number of hydrogen-bond donors (Lipinski definition) is 1. The van der Waals surface area contributed by atoms with E-state index in [-0.39, 0.29) is 23.3 Å². The number of pyridine rings is 1. The highest BCUT2D eigenvalue weighted by Gasteiger charge is 2.62. The Morgan fingerprint density at radius 2 is 2.15 bits per heavy atom. The van der Waals surface area contributed by atoms with Gasteiger partial charge in [-0.2, -0.15) is 0 Å². The zero-order valence-corrected chi connectivity index (χ0v) is 15.5. The normalized spacial score (nSPS) is 27.7. The summed E-state index contributed by atoms with van der Waals surface area (Å²) in [6.07, 6.45) is 8.24. The Kier molecular flexibility index (Phi) is 4.59. The van der Waals surface area contributed by atoms with Gasteiger partial charge in [0.05, 0.1) is 12.2 Å². The highest BCUT2D eigenvalue weighted by Crippen LogP contribution is 2.59. The molecule has 2 atom stereocenters. The monoisotopic (exact) mass is 356 g/mol. The molecule has 4 rings (SSSR count). The minimum Gasteiger partial charge on any atom is -0.340 e. The lowest BCUT2D eigenvalue weighted by molar-refractivity contribution is -0.132. The SMILES string of the molecule is CN(Cc1ccccn1)C(=O)[C@H]1C[C@@]12CCN(C(=O)NC1CCCC1)C2. The van der Waals surface area contributed by atoms with E-state index in [2.05, 4.69) is 10.3 Å². The molecule has 0 unspecified atom stereocenters. The first kappa shape index (κ1) is 17.3. The zero-order valence-electron chi connectivity index (χ0n) is 15.5. The van der Waals surface area contributed by atoms with Crippen LogP contribution in [0.25, 0.3) is 0 Å². The summed E-state index contributed by atoms with van der Waals surface area (Å²) in [6, 6.07) is 6.17. The second kappa shape index (κ2) is 6.89. The first-order chi connectivity index (χ1) is 12.6. The van der Waals surface area contributed by atoms with Gasteiger partial charge in [0.25, 0.3) is 0 Å². The van der Waals surface area contributed by atoms with Gasteiger partial charge in [-0.15, -0.1) is 0 Å². The van der Waals surface area contributed by atoms with Crippen LogP contribution in [0.3, 0.4) is 0 Å². The van der Waals surface area contributed by atoms with E-state index in [0.29, 0.717) is 12.6 Å². The molecule has 26 heavy (non-hydrogen) atoms. The molecular formula is C20H28N4O2. The van der Waals surface area contributed by atoms with Crippen molar-refractivity contribution in [3.63, 3.8) is 0 Å². The standard InChI is InChI=1S/C20H28N4O2/c1-23(13-16-8-4-5-10-21-16)18(25)17-12-20(17)9-11-24(14-20)19(26)22-15-6-2-3-7-15/h4-5,8,10,15,17H,2-3,6-7,9,11-14H2,1H3,(H,22,26)/t17-,20-/m1/s1. The Morgan fingerprint density at radius 1 is 1.35 bits per heavy atom. The number of aromatic nitrogens is 1. The quantitative estimate of drug-likeness (QED) is 0.901. The molecule has 6 nitrogen and oxygen atoms in total. The molecule has 1 spiro atoms. The first-order valence-electron chi connectivity index (χ1n) is 9.78. The van der Waals surface area contributed by atoms with Crippen LogP contribution >= 0.6 is 0 Å². The van der Waals surface area contributed by atoms with E-state index < -0.39 is 0 Å². The minimum atomic E-state index is 0.0163. The average Bonchev–Trinajstić information content (AvgIpc) is 2.98. The number of rotatable bonds is 4. The van der Waals surface area contributed by atoms with Crippen LogP contribution < -0.4 is 5.32 Å². The van der Waals surface area contributed by atoms with Crippen LogP contribution in [-0.4, -0.2) is 52.9 Å². The van der Waals surface area contributed by atoms with E-state index in [0.717, 1.165) is 44.5 Å². The van der Waals surface area contributed by atoms with Gasteiger partial charge in [0, 0.05) is 43.7 Å². The third kappa shape index (κ3) is 3.41. The smallest absolute Gasteiger partial charge is 0.317 e. The second-order valence-electron chi connectivity index (χ2n) is 8.24. The van der Waals surface area contributed by atoms with Crippen LogP contribution in [0.1, 0.15) is 44.2 Å². The fourth-order valence-corrected chi connectivity index (χ4v) is 4.63. The third-order valence-electron chi connectivity index (χ3n) is 6.34. The zero-order chi connectivity index (χ0) is 18.1. The maximum absolute atomic E-state index is 12.8. The lowest BCUT2D eigenvalue weighted by Crippen LogP contribution is -2.43. The van der Waals surface area contributed by atoms with Gasteiger partial charge in [-0.1, -0.05) is 18.9 Å². The highest BCUT2D eigenvalue weighted by atomic mass is 16.2. The number of likely N-dealkylation sites (tertiary alicyclic amines) is 1. The van der Waals surface area contributed by atoms with Crippen molar-refractivity contribution < 1.29 is 9.59 Å². The molecule has 2 heterocycles. The summed E-state index contributed by atoms with van der Waals surface area (Å²) in [5.41, 5.74) is 0.921. The Hall–Kier alpha value is -2.11. The number of nitrogens with zero attached hydrogens (tertiary/aromatic N) is 3. The Bertz CT molecular complexity index is 674. The van der Waals surface area contributed by atoms with Crippen LogP contribution in [0.4, 0.5) is 4.79 Å². The van der Waals surface area contributed by atoms with Crippen LogP contribution in [0.2, 0.25) is 0 Å². The second-order valence-corrected chi connectivity index (χ2v) is 8.24. The largest absolute Gasteiger partial charge is 0.340 e. The lowest BCUT2D eigenvalue weighted by atomic mass is 10.0. The van der Waals surface area contributed by atoms with Gasteiger partial charge >= 0.3 is 6.03 Å². The molecule has 1 aromatic heterocycles. The third-order valence-corrected chi connectivity index (χ3v) is 6.34. The van der Waals surface area contributed by atoms with Crippen molar-refractivity contribution >= 4 is 11.9 Å². The summed E-state index contributed by atoms with van der Waals surface area (Å²) in [5, 5.41) is 3.17. The Morgan fingerprint density at radius 3 is 2.88 bits per heavy atom. The number of urea groups is 1. The first-order valence-corrected chi connectivity index (χ1v) is 9.78. The molecule has 0 radical (unpaired) electrons. The van der Waals surface area contributed by atoms with E-state index in [1.54, 1.807) is 11.1 Å². The maximum atomic E-state index is 12.8. The van der Waals surface area contributed by atoms with Crippen molar-refractivity contribution in [2.24, 2.45) is 11.3 Å². The van der Waals surface area contributed by atoms with Crippen LogP contribution in [0.15, 0.2) is 24.4 Å². The summed E-state index contributed by atoms with van der Waals surface area (Å²) in [5.74, 6) is 0.245. The molecule has 6 heteroatoms. The van der Waals surface area contributed by atoms with Gasteiger partial charge < -0.3 is 15.1 Å². The maximum Gasteiger partial charge on any atom is 0.317 e. The number of carbonyl (C=O) groups excluding carboxylic acids is 2. The molecule has 2 aliphatic carbocycles. The van der Waals surface area contributed by atoms with Gasteiger partial charge in [0.2, 0.25) is 5.91 Å². The lowest BCUT2D eigenvalue weighted by Gasteiger charge is -2.21. The summed E-state index contributed by atoms with van der Waals surface area (Å²) in [6.45, 7) is 2.03. The van der Waals surface area contributed by atoms with Gasteiger partial charge in [-0.3, -0.25) is 9.78 Å². The van der Waals surface area contributed by atoms with Crippen LogP contribution in [0, 0.1) is 11.3 Å². The molecule has 2 saturated carbocycles. The summed E-state index contributed by atoms with van der Waals surface area (Å²) in [7, 11) is 1.85. The van der Waals surface area contributed by atoms with Crippen molar-refractivity contribution in [1.29, 1.82) is 0 Å². The molecule has 1 aliphatic heterocycles. The molecular weight excluding hydrogens is 328 g/mol. The van der Waals surface area contributed by atoms with Gasteiger partial charge in [0.15, 0.2) is 0 Å².